The molecule has 0 saturated carbocycles. The molecule has 136 valence electrons. The average Bonchev–Trinajstić information content (AvgIpc) is 3.04. The quantitative estimate of drug-likeness (QED) is 0.742. The van der Waals surface area contributed by atoms with Crippen LogP contribution in [0.25, 0.3) is 0 Å². The number of nitrogens with zero attached hydrogens (tertiary/aromatic N) is 2. The van der Waals surface area contributed by atoms with Crippen molar-refractivity contribution in [3.8, 4) is 6.07 Å². The maximum Gasteiger partial charge on any atom is 0.101 e. The summed E-state index contributed by atoms with van der Waals surface area (Å²) in [5.74, 6) is 0. The zero-order chi connectivity index (χ0) is 18.4. The Kier molecular flexibility index (Phi) is 6.27. The van der Waals surface area contributed by atoms with E-state index in [0.29, 0.717) is 6.61 Å². The summed E-state index contributed by atoms with van der Waals surface area (Å²) in [6.45, 7) is 5.28. The van der Waals surface area contributed by atoms with Gasteiger partial charge in [0.05, 0.1) is 17.9 Å². The van der Waals surface area contributed by atoms with Gasteiger partial charge in [-0.3, -0.25) is 0 Å². The lowest BCUT2D eigenvalue weighted by molar-refractivity contribution is 0.119. The van der Waals surface area contributed by atoms with Crippen molar-refractivity contribution in [2.75, 3.05) is 24.6 Å². The second-order valence-electron chi connectivity index (χ2n) is 7.07. The van der Waals surface area contributed by atoms with E-state index >= 15 is 0 Å². The Balaban J connectivity index is 1.55. The van der Waals surface area contributed by atoms with Gasteiger partial charge in [-0.05, 0) is 48.9 Å². The van der Waals surface area contributed by atoms with E-state index in [0.717, 1.165) is 50.2 Å². The smallest absolute Gasteiger partial charge is 0.101 e. The molecule has 4 nitrogen and oxygen atoms in total. The number of nitriles is 1. The molecule has 2 aromatic carbocycles. The van der Waals surface area contributed by atoms with Gasteiger partial charge in [0, 0.05) is 25.7 Å². The first kappa shape index (κ1) is 18.4. The lowest BCUT2D eigenvalue weighted by Gasteiger charge is -2.21. The van der Waals surface area contributed by atoms with Gasteiger partial charge in [0.15, 0.2) is 0 Å². The van der Waals surface area contributed by atoms with Crippen molar-refractivity contribution in [2.45, 2.75) is 38.8 Å². The second kappa shape index (κ2) is 8.84. The predicted molar refractivity (Wildman–Crippen MR) is 105 cm³/mol. The molecule has 0 aliphatic carbocycles. The summed E-state index contributed by atoms with van der Waals surface area (Å²) < 4.78 is 5.78. The summed E-state index contributed by atoms with van der Waals surface area (Å²) in [6, 6.07) is 17.0. The maximum absolute atomic E-state index is 9.58. The molecule has 0 radical (unpaired) electrons. The van der Waals surface area contributed by atoms with E-state index in [1.165, 1.54) is 16.7 Å². The molecule has 1 unspecified atom stereocenters. The highest BCUT2D eigenvalue weighted by atomic mass is 16.5. The van der Waals surface area contributed by atoms with E-state index in [1.54, 1.807) is 0 Å². The molecule has 1 atom stereocenters. The Morgan fingerprint density at radius 1 is 1.23 bits per heavy atom. The lowest BCUT2D eigenvalue weighted by atomic mass is 9.99. The molecule has 4 heteroatoms. The molecular weight excluding hydrogens is 322 g/mol. The van der Waals surface area contributed by atoms with E-state index in [-0.39, 0.29) is 6.04 Å². The van der Waals surface area contributed by atoms with Gasteiger partial charge >= 0.3 is 0 Å². The highest BCUT2D eigenvalue weighted by Gasteiger charge is 2.23. The van der Waals surface area contributed by atoms with E-state index < -0.39 is 0 Å². The molecule has 1 heterocycles. The van der Waals surface area contributed by atoms with Crippen LogP contribution in [0.5, 0.6) is 0 Å². The summed E-state index contributed by atoms with van der Waals surface area (Å²) in [5.41, 5.74) is 11.5. The van der Waals surface area contributed by atoms with Crippen molar-refractivity contribution >= 4 is 5.69 Å². The Labute approximate surface area is 156 Å². The molecule has 0 bridgehead atoms. The van der Waals surface area contributed by atoms with Gasteiger partial charge in [-0.15, -0.1) is 0 Å². The Hall–Kier alpha value is -2.35. The Morgan fingerprint density at radius 2 is 2.04 bits per heavy atom. The van der Waals surface area contributed by atoms with Crippen LogP contribution in [0.2, 0.25) is 0 Å². The minimum absolute atomic E-state index is 0.110. The van der Waals surface area contributed by atoms with E-state index in [4.69, 9.17) is 10.5 Å². The fourth-order valence-corrected chi connectivity index (χ4v) is 3.61. The van der Waals surface area contributed by atoms with Crippen LogP contribution in [0.1, 0.15) is 35.6 Å². The Bertz CT molecular complexity index is 765. The molecule has 0 fully saturated rings. The van der Waals surface area contributed by atoms with E-state index in [9.17, 15) is 5.26 Å². The fraction of sp³-hybridized carbons (Fsp3) is 0.409. The predicted octanol–water partition coefficient (Wildman–Crippen LogP) is 3.42. The molecule has 3 rings (SSSR count). The number of ether oxygens (including phenoxy) is 1. The standard InChI is InChI=1S/C22H27N3O/c1-17(24)12-19-13-20-8-10-25(22(20)21(14-19)15-23)9-5-11-26-16-18-6-3-2-4-7-18/h2-4,6-7,13-14,17H,5,8-12,16,24H2,1H3. The van der Waals surface area contributed by atoms with Crippen molar-refractivity contribution in [1.29, 1.82) is 5.26 Å². The average molecular weight is 349 g/mol. The molecule has 0 aromatic heterocycles. The van der Waals surface area contributed by atoms with Gasteiger partial charge < -0.3 is 15.4 Å². The van der Waals surface area contributed by atoms with E-state index in [2.05, 4.69) is 29.2 Å². The maximum atomic E-state index is 9.58. The summed E-state index contributed by atoms with van der Waals surface area (Å²) in [6.07, 6.45) is 2.77. The molecule has 1 aliphatic rings. The molecular formula is C22H27N3O. The van der Waals surface area contributed by atoms with Crippen LogP contribution in [0.4, 0.5) is 5.69 Å². The summed E-state index contributed by atoms with van der Waals surface area (Å²) in [7, 11) is 0. The number of benzene rings is 2. The summed E-state index contributed by atoms with van der Waals surface area (Å²) >= 11 is 0. The number of hydrogen-bond acceptors (Lipinski definition) is 4. The number of anilines is 1. The van der Waals surface area contributed by atoms with Gasteiger partial charge in [0.25, 0.3) is 0 Å². The zero-order valence-corrected chi connectivity index (χ0v) is 15.4. The highest BCUT2D eigenvalue weighted by Crippen LogP contribution is 2.33. The minimum atomic E-state index is 0.110. The highest BCUT2D eigenvalue weighted by molar-refractivity contribution is 5.68. The van der Waals surface area contributed by atoms with Gasteiger partial charge in [0.1, 0.15) is 6.07 Å². The Morgan fingerprint density at radius 3 is 2.77 bits per heavy atom. The van der Waals surface area contributed by atoms with Crippen molar-refractivity contribution < 1.29 is 4.74 Å². The topological polar surface area (TPSA) is 62.3 Å². The van der Waals surface area contributed by atoms with Gasteiger partial charge in [-0.2, -0.15) is 5.26 Å². The molecule has 0 spiro atoms. The SMILES string of the molecule is CC(N)Cc1cc(C#N)c2c(c1)CCN2CCCOCc1ccccc1. The normalized spacial score (nSPS) is 14.1. The van der Waals surface area contributed by atoms with Crippen LogP contribution in [-0.4, -0.2) is 25.7 Å². The third kappa shape index (κ3) is 4.63. The lowest BCUT2D eigenvalue weighted by Crippen LogP contribution is -2.23. The van der Waals surface area contributed by atoms with Crippen LogP contribution in [0.3, 0.4) is 0 Å². The first-order chi connectivity index (χ1) is 12.7. The van der Waals surface area contributed by atoms with Crippen LogP contribution < -0.4 is 10.6 Å². The second-order valence-corrected chi connectivity index (χ2v) is 7.07. The van der Waals surface area contributed by atoms with Gasteiger partial charge in [-0.1, -0.05) is 36.4 Å². The monoisotopic (exact) mass is 349 g/mol. The van der Waals surface area contributed by atoms with Crippen molar-refractivity contribution in [3.63, 3.8) is 0 Å². The molecule has 2 N–H and O–H groups in total. The third-order valence-corrected chi connectivity index (χ3v) is 4.72. The number of fused-ring (bicyclic) bond motifs is 1. The molecule has 0 saturated heterocycles. The number of nitrogens with two attached hydrogens (primary N) is 1. The zero-order valence-electron chi connectivity index (χ0n) is 15.4. The third-order valence-electron chi connectivity index (χ3n) is 4.72. The summed E-state index contributed by atoms with van der Waals surface area (Å²) in [5, 5.41) is 9.58. The van der Waals surface area contributed by atoms with Crippen LogP contribution in [-0.2, 0) is 24.2 Å². The van der Waals surface area contributed by atoms with Gasteiger partial charge in [-0.25, -0.2) is 0 Å². The number of hydrogen-bond donors (Lipinski definition) is 1. The minimum Gasteiger partial charge on any atom is -0.377 e. The van der Waals surface area contributed by atoms with E-state index in [1.807, 2.05) is 31.2 Å². The fourth-order valence-electron chi connectivity index (χ4n) is 3.61. The first-order valence-electron chi connectivity index (χ1n) is 9.35. The van der Waals surface area contributed by atoms with Crippen LogP contribution in [0.15, 0.2) is 42.5 Å². The number of rotatable bonds is 8. The van der Waals surface area contributed by atoms with Crippen molar-refractivity contribution in [2.24, 2.45) is 5.73 Å². The molecule has 26 heavy (non-hydrogen) atoms. The largest absolute Gasteiger partial charge is 0.377 e. The van der Waals surface area contributed by atoms with Gasteiger partial charge in [0.2, 0.25) is 0 Å². The summed E-state index contributed by atoms with van der Waals surface area (Å²) in [4.78, 5) is 2.33. The van der Waals surface area contributed by atoms with Crippen LogP contribution in [0, 0.1) is 11.3 Å². The first-order valence-corrected chi connectivity index (χ1v) is 9.35. The molecule has 2 aromatic rings. The molecule has 1 aliphatic heterocycles. The van der Waals surface area contributed by atoms with Crippen molar-refractivity contribution in [1.82, 2.24) is 0 Å². The van der Waals surface area contributed by atoms with Crippen LogP contribution >= 0.6 is 0 Å². The molecule has 0 amide bonds. The van der Waals surface area contributed by atoms with Crippen molar-refractivity contribution in [3.05, 3.63) is 64.7 Å².